The normalized spacial score (nSPS) is 10.5. The lowest BCUT2D eigenvalue weighted by atomic mass is 10.1. The first-order chi connectivity index (χ1) is 16.0. The highest BCUT2D eigenvalue weighted by molar-refractivity contribution is 5.75. The number of aryl methyl sites for hydroxylation is 1. The molecule has 3 aromatic rings. The van der Waals surface area contributed by atoms with Gasteiger partial charge in [-0.1, -0.05) is 18.2 Å². The van der Waals surface area contributed by atoms with Crippen molar-refractivity contribution in [2.45, 2.75) is 25.8 Å². The highest BCUT2D eigenvalue weighted by Crippen LogP contribution is 2.27. The molecule has 3 rings (SSSR count). The van der Waals surface area contributed by atoms with E-state index in [1.54, 1.807) is 27.4 Å². The van der Waals surface area contributed by atoms with Gasteiger partial charge in [0, 0.05) is 31.1 Å². The topological polar surface area (TPSA) is 91.7 Å². The van der Waals surface area contributed by atoms with Gasteiger partial charge in [0.05, 0.1) is 27.0 Å². The van der Waals surface area contributed by atoms with Gasteiger partial charge in [0.2, 0.25) is 5.91 Å². The van der Waals surface area contributed by atoms with E-state index in [1.807, 2.05) is 42.5 Å². The van der Waals surface area contributed by atoms with Crippen molar-refractivity contribution in [3.8, 4) is 28.5 Å². The Kier molecular flexibility index (Phi) is 8.46. The zero-order valence-electron chi connectivity index (χ0n) is 19.2. The van der Waals surface area contributed by atoms with Crippen LogP contribution in [0.2, 0.25) is 0 Å². The van der Waals surface area contributed by atoms with Crippen LogP contribution in [0.25, 0.3) is 11.3 Å². The van der Waals surface area contributed by atoms with Gasteiger partial charge in [-0.2, -0.15) is 5.10 Å². The molecule has 174 valence electrons. The van der Waals surface area contributed by atoms with E-state index in [0.717, 1.165) is 16.9 Å². The Labute approximate surface area is 193 Å². The molecule has 0 atom stereocenters. The summed E-state index contributed by atoms with van der Waals surface area (Å²) in [7, 11) is 4.79. The lowest BCUT2D eigenvalue weighted by Gasteiger charge is -2.10. The van der Waals surface area contributed by atoms with Gasteiger partial charge >= 0.3 is 0 Å². The second-order valence-electron chi connectivity index (χ2n) is 7.40. The van der Waals surface area contributed by atoms with Gasteiger partial charge in [0.15, 0.2) is 11.5 Å². The molecule has 0 saturated carbocycles. The number of methoxy groups -OCH3 is 3. The molecule has 0 bridgehead atoms. The summed E-state index contributed by atoms with van der Waals surface area (Å²) in [5.41, 5.74) is 2.37. The van der Waals surface area contributed by atoms with Crippen molar-refractivity contribution in [2.24, 2.45) is 0 Å². The Morgan fingerprint density at radius 3 is 2.55 bits per heavy atom. The molecule has 1 aromatic heterocycles. The summed E-state index contributed by atoms with van der Waals surface area (Å²) < 4.78 is 17.2. The van der Waals surface area contributed by atoms with Crippen molar-refractivity contribution in [1.29, 1.82) is 0 Å². The molecule has 0 fully saturated rings. The summed E-state index contributed by atoms with van der Waals surface area (Å²) in [4.78, 5) is 24.4. The Bertz CT molecular complexity index is 1140. The first-order valence-electron chi connectivity index (χ1n) is 10.7. The number of hydrogen-bond acceptors (Lipinski definition) is 6. The zero-order chi connectivity index (χ0) is 23.6. The van der Waals surface area contributed by atoms with Crippen molar-refractivity contribution < 1.29 is 19.0 Å². The molecule has 0 aliphatic carbocycles. The number of aromatic nitrogens is 2. The Hall–Kier alpha value is -3.81. The van der Waals surface area contributed by atoms with Crippen molar-refractivity contribution in [1.82, 2.24) is 15.1 Å². The molecule has 1 amide bonds. The van der Waals surface area contributed by atoms with Crippen LogP contribution in [0.15, 0.2) is 59.4 Å². The number of ether oxygens (including phenoxy) is 3. The predicted molar refractivity (Wildman–Crippen MR) is 126 cm³/mol. The summed E-state index contributed by atoms with van der Waals surface area (Å²) >= 11 is 0. The van der Waals surface area contributed by atoms with E-state index in [2.05, 4.69) is 10.4 Å². The van der Waals surface area contributed by atoms with E-state index in [1.165, 1.54) is 10.7 Å². The van der Waals surface area contributed by atoms with E-state index in [9.17, 15) is 9.59 Å². The number of benzene rings is 2. The van der Waals surface area contributed by atoms with Crippen molar-refractivity contribution >= 4 is 5.91 Å². The van der Waals surface area contributed by atoms with Gasteiger partial charge in [-0.05, 0) is 48.7 Å². The van der Waals surface area contributed by atoms with Crippen molar-refractivity contribution in [3.63, 3.8) is 0 Å². The Morgan fingerprint density at radius 2 is 1.79 bits per heavy atom. The van der Waals surface area contributed by atoms with E-state index in [4.69, 9.17) is 14.2 Å². The number of nitrogens with one attached hydrogen (secondary N) is 1. The SMILES string of the molecule is COc1cccc(-c2ccc(=O)n(CCCC(=O)NCCc3ccc(OC)c(OC)c3)n2)c1. The maximum Gasteiger partial charge on any atom is 0.266 e. The van der Waals surface area contributed by atoms with Crippen LogP contribution < -0.4 is 25.1 Å². The molecule has 33 heavy (non-hydrogen) atoms. The second kappa shape index (κ2) is 11.7. The average molecular weight is 452 g/mol. The second-order valence-corrected chi connectivity index (χ2v) is 7.40. The van der Waals surface area contributed by atoms with Crippen LogP contribution in [0, 0.1) is 0 Å². The zero-order valence-corrected chi connectivity index (χ0v) is 19.2. The molecular weight excluding hydrogens is 422 g/mol. The van der Waals surface area contributed by atoms with Crippen LogP contribution in [-0.2, 0) is 17.8 Å². The fraction of sp³-hybridized carbons (Fsp3) is 0.320. The minimum absolute atomic E-state index is 0.0625. The maximum atomic E-state index is 12.2. The minimum atomic E-state index is -0.199. The van der Waals surface area contributed by atoms with Crippen molar-refractivity contribution in [2.75, 3.05) is 27.9 Å². The molecule has 0 aliphatic heterocycles. The first-order valence-corrected chi connectivity index (χ1v) is 10.7. The van der Waals surface area contributed by atoms with Gasteiger partial charge in [0.1, 0.15) is 5.75 Å². The lowest BCUT2D eigenvalue weighted by Crippen LogP contribution is -2.27. The number of hydrogen-bond donors (Lipinski definition) is 1. The van der Waals surface area contributed by atoms with E-state index in [0.29, 0.717) is 49.5 Å². The van der Waals surface area contributed by atoms with E-state index in [-0.39, 0.29) is 11.5 Å². The third-order valence-corrected chi connectivity index (χ3v) is 5.19. The maximum absolute atomic E-state index is 12.2. The molecule has 8 heteroatoms. The molecule has 0 aliphatic rings. The number of nitrogens with zero attached hydrogens (tertiary/aromatic N) is 2. The Morgan fingerprint density at radius 1 is 0.970 bits per heavy atom. The van der Waals surface area contributed by atoms with Crippen LogP contribution in [0.3, 0.4) is 0 Å². The summed E-state index contributed by atoms with van der Waals surface area (Å²) in [6.45, 7) is 0.873. The van der Waals surface area contributed by atoms with Crippen molar-refractivity contribution in [3.05, 3.63) is 70.5 Å². The fourth-order valence-corrected chi connectivity index (χ4v) is 3.41. The third-order valence-electron chi connectivity index (χ3n) is 5.19. The summed E-state index contributed by atoms with van der Waals surface area (Å²) in [6, 6.07) is 16.4. The summed E-state index contributed by atoms with van der Waals surface area (Å²) in [5.74, 6) is 1.99. The lowest BCUT2D eigenvalue weighted by molar-refractivity contribution is -0.121. The van der Waals surface area contributed by atoms with Crippen LogP contribution in [-0.4, -0.2) is 43.6 Å². The minimum Gasteiger partial charge on any atom is -0.497 e. The predicted octanol–water partition coefficient (Wildman–Crippen LogP) is 3.08. The molecule has 1 N–H and O–H groups in total. The number of amides is 1. The third kappa shape index (κ3) is 6.58. The molecule has 8 nitrogen and oxygen atoms in total. The van der Waals surface area contributed by atoms with Crippen LogP contribution >= 0.6 is 0 Å². The smallest absolute Gasteiger partial charge is 0.266 e. The standard InChI is InChI=1S/C25H29N3O5/c1-31-20-7-4-6-19(17-20)21-10-12-25(30)28(27-21)15-5-8-24(29)26-14-13-18-9-11-22(32-2)23(16-18)33-3/h4,6-7,9-12,16-17H,5,8,13-15H2,1-3H3,(H,26,29). The largest absolute Gasteiger partial charge is 0.497 e. The van der Waals surface area contributed by atoms with Gasteiger partial charge in [-0.15, -0.1) is 0 Å². The average Bonchev–Trinajstić information content (AvgIpc) is 2.85. The summed E-state index contributed by atoms with van der Waals surface area (Å²) in [6.07, 6.45) is 1.50. The molecule has 1 heterocycles. The number of carbonyl (C=O) groups is 1. The number of rotatable bonds is 11. The van der Waals surface area contributed by atoms with Crippen LogP contribution in [0.5, 0.6) is 17.2 Å². The first kappa shape index (κ1) is 23.8. The molecule has 0 unspecified atom stereocenters. The number of carbonyl (C=O) groups excluding carboxylic acids is 1. The van der Waals surface area contributed by atoms with Crippen LogP contribution in [0.4, 0.5) is 0 Å². The highest BCUT2D eigenvalue weighted by Gasteiger charge is 2.08. The van der Waals surface area contributed by atoms with E-state index >= 15 is 0 Å². The van der Waals surface area contributed by atoms with Gasteiger partial charge in [-0.25, -0.2) is 4.68 Å². The molecule has 0 spiro atoms. The molecule has 0 radical (unpaired) electrons. The summed E-state index contributed by atoms with van der Waals surface area (Å²) in [5, 5.41) is 7.36. The van der Waals surface area contributed by atoms with Gasteiger partial charge in [0.25, 0.3) is 5.56 Å². The van der Waals surface area contributed by atoms with Gasteiger partial charge in [-0.3, -0.25) is 9.59 Å². The Balaban J connectivity index is 1.49. The van der Waals surface area contributed by atoms with Crippen LogP contribution in [0.1, 0.15) is 18.4 Å². The highest BCUT2D eigenvalue weighted by atomic mass is 16.5. The fourth-order valence-electron chi connectivity index (χ4n) is 3.41. The monoisotopic (exact) mass is 451 g/mol. The van der Waals surface area contributed by atoms with Gasteiger partial charge < -0.3 is 19.5 Å². The quantitative estimate of drug-likeness (QED) is 0.482. The molecule has 0 saturated heterocycles. The van der Waals surface area contributed by atoms with E-state index < -0.39 is 0 Å². The molecule has 2 aromatic carbocycles. The molecular formula is C25H29N3O5.